The molecule has 4 nitrogen and oxygen atoms in total. The molecule has 1 rings (SSSR count). The van der Waals surface area contributed by atoms with Crippen LogP contribution in [-0.2, 0) is 22.4 Å². The molecule has 0 amide bonds. The van der Waals surface area contributed by atoms with Crippen LogP contribution in [0.25, 0.3) is 0 Å². The summed E-state index contributed by atoms with van der Waals surface area (Å²) in [6.45, 7) is 0. The first-order valence-electron chi connectivity index (χ1n) is 3.18. The zero-order valence-corrected chi connectivity index (χ0v) is 7.80. The molecule has 0 spiro atoms. The van der Waals surface area contributed by atoms with Crippen molar-refractivity contribution in [2.45, 2.75) is 0 Å². The van der Waals surface area contributed by atoms with E-state index in [9.17, 15) is 9.59 Å². The monoisotopic (exact) mass is 273 g/mol. The Morgan fingerprint density at radius 3 is 1.69 bits per heavy atom. The number of aromatic carboxylic acids is 2. The first-order chi connectivity index (χ1) is 5.61. The van der Waals surface area contributed by atoms with Crippen LogP contribution >= 0.6 is 0 Å². The smallest absolute Gasteiger partial charge is 0.335 e. The van der Waals surface area contributed by atoms with E-state index in [0.29, 0.717) is 0 Å². The first kappa shape index (κ1) is 11.9. The van der Waals surface area contributed by atoms with Crippen LogP contribution in [0.3, 0.4) is 0 Å². The van der Waals surface area contributed by atoms with E-state index in [-0.39, 0.29) is 33.5 Å². The van der Waals surface area contributed by atoms with Gasteiger partial charge in [0.25, 0.3) is 0 Å². The molecule has 0 aromatic heterocycles. The summed E-state index contributed by atoms with van der Waals surface area (Å²) < 4.78 is 0. The third-order valence-corrected chi connectivity index (χ3v) is 1.36. The van der Waals surface area contributed by atoms with Gasteiger partial charge in [-0.15, -0.1) is 0 Å². The van der Waals surface area contributed by atoms with E-state index >= 15 is 0 Å². The maximum atomic E-state index is 10.4. The molecule has 0 aliphatic rings. The van der Waals surface area contributed by atoms with Crippen LogP contribution in [0.15, 0.2) is 24.3 Å². The van der Waals surface area contributed by atoms with Crippen molar-refractivity contribution in [1.82, 2.24) is 0 Å². The zero-order valence-electron chi connectivity index (χ0n) is 6.32. The Hall–Kier alpha value is -1.10. The number of rotatable bonds is 2. The average Bonchev–Trinajstić information content (AvgIpc) is 2.04. The standard InChI is InChI=1S/C8H6O4.Ag/c9-7(10)5-2-1-3-6(4-5)8(11)12;/h1-4H,(H,9,10)(H,11,12);. The van der Waals surface area contributed by atoms with Crippen LogP contribution in [0.5, 0.6) is 0 Å². The van der Waals surface area contributed by atoms with Crippen LogP contribution in [0.2, 0.25) is 0 Å². The van der Waals surface area contributed by atoms with E-state index in [4.69, 9.17) is 10.2 Å². The van der Waals surface area contributed by atoms with E-state index < -0.39 is 11.9 Å². The quantitative estimate of drug-likeness (QED) is 0.791. The van der Waals surface area contributed by atoms with E-state index in [2.05, 4.69) is 0 Å². The van der Waals surface area contributed by atoms with Gasteiger partial charge in [0.1, 0.15) is 0 Å². The van der Waals surface area contributed by atoms with Crippen molar-refractivity contribution in [1.29, 1.82) is 0 Å². The van der Waals surface area contributed by atoms with E-state index in [1.54, 1.807) is 0 Å². The molecule has 0 fully saturated rings. The minimum Gasteiger partial charge on any atom is -0.478 e. The summed E-state index contributed by atoms with van der Waals surface area (Å²) >= 11 is 0. The van der Waals surface area contributed by atoms with Crippen molar-refractivity contribution in [3.63, 3.8) is 0 Å². The maximum absolute atomic E-state index is 10.4. The molecule has 1 radical (unpaired) electrons. The Labute approximate surface area is 89.7 Å². The van der Waals surface area contributed by atoms with Gasteiger partial charge in [0.2, 0.25) is 0 Å². The van der Waals surface area contributed by atoms with Gasteiger partial charge in [-0.25, -0.2) is 9.59 Å². The molecule has 0 saturated heterocycles. The van der Waals surface area contributed by atoms with E-state index in [1.165, 1.54) is 18.2 Å². The Morgan fingerprint density at radius 1 is 1.00 bits per heavy atom. The molecule has 0 atom stereocenters. The van der Waals surface area contributed by atoms with Crippen LogP contribution in [0, 0.1) is 0 Å². The Balaban J connectivity index is 0.00000144. The van der Waals surface area contributed by atoms with Crippen molar-refractivity contribution in [3.8, 4) is 0 Å². The normalized spacial score (nSPS) is 8.62. The summed E-state index contributed by atoms with van der Waals surface area (Å²) in [6, 6.07) is 5.20. The summed E-state index contributed by atoms with van der Waals surface area (Å²) in [5, 5.41) is 17.0. The molecule has 0 aliphatic carbocycles. The number of benzene rings is 1. The maximum Gasteiger partial charge on any atom is 0.335 e. The number of carbonyl (C=O) groups is 2. The minimum atomic E-state index is -1.13. The van der Waals surface area contributed by atoms with E-state index in [1.807, 2.05) is 0 Å². The number of hydrogen-bond acceptors (Lipinski definition) is 2. The summed E-state index contributed by atoms with van der Waals surface area (Å²) in [4.78, 5) is 20.8. The Morgan fingerprint density at radius 2 is 1.38 bits per heavy atom. The predicted molar refractivity (Wildman–Crippen MR) is 40.4 cm³/mol. The zero-order chi connectivity index (χ0) is 9.14. The van der Waals surface area contributed by atoms with Crippen LogP contribution in [0.4, 0.5) is 0 Å². The van der Waals surface area contributed by atoms with Gasteiger partial charge in [0, 0.05) is 22.4 Å². The molecule has 0 aliphatic heterocycles. The van der Waals surface area contributed by atoms with Crippen LogP contribution in [0.1, 0.15) is 20.7 Å². The van der Waals surface area contributed by atoms with E-state index in [0.717, 1.165) is 6.07 Å². The minimum absolute atomic E-state index is 0. The van der Waals surface area contributed by atoms with Gasteiger partial charge in [-0.2, -0.15) is 0 Å². The largest absolute Gasteiger partial charge is 0.478 e. The Kier molecular flexibility index (Phi) is 4.41. The third-order valence-electron chi connectivity index (χ3n) is 1.36. The van der Waals surface area contributed by atoms with Crippen molar-refractivity contribution < 1.29 is 42.2 Å². The second kappa shape index (κ2) is 4.81. The molecule has 1 aromatic carbocycles. The molecule has 1 aromatic rings. The molecular weight excluding hydrogens is 268 g/mol. The van der Waals surface area contributed by atoms with Crippen LogP contribution in [-0.4, -0.2) is 22.2 Å². The summed E-state index contributed by atoms with van der Waals surface area (Å²) in [6.07, 6.45) is 0. The first-order valence-corrected chi connectivity index (χ1v) is 3.18. The average molecular weight is 274 g/mol. The summed E-state index contributed by atoms with van der Waals surface area (Å²) in [7, 11) is 0. The number of carboxylic acids is 2. The third kappa shape index (κ3) is 3.02. The topological polar surface area (TPSA) is 74.6 Å². The summed E-state index contributed by atoms with van der Waals surface area (Å²) in [5.74, 6) is -2.25. The molecule has 5 heteroatoms. The number of hydrogen-bond donors (Lipinski definition) is 2. The van der Waals surface area contributed by atoms with Crippen LogP contribution < -0.4 is 0 Å². The van der Waals surface area contributed by atoms with Crippen molar-refractivity contribution in [2.24, 2.45) is 0 Å². The van der Waals surface area contributed by atoms with Gasteiger partial charge >= 0.3 is 11.9 Å². The van der Waals surface area contributed by atoms with Gasteiger partial charge in [-0.05, 0) is 18.2 Å². The number of carboxylic acid groups (broad SMARTS) is 2. The van der Waals surface area contributed by atoms with Gasteiger partial charge in [0.05, 0.1) is 11.1 Å². The van der Waals surface area contributed by atoms with Crippen molar-refractivity contribution in [3.05, 3.63) is 35.4 Å². The molecule has 0 saturated carbocycles. The second-order valence-electron chi connectivity index (χ2n) is 2.19. The molecule has 0 bridgehead atoms. The van der Waals surface area contributed by atoms with Gasteiger partial charge in [-0.1, -0.05) is 6.07 Å². The van der Waals surface area contributed by atoms with Gasteiger partial charge < -0.3 is 10.2 Å². The fourth-order valence-electron chi connectivity index (χ4n) is 0.785. The Bertz CT molecular complexity index is 305. The molecule has 0 unspecified atom stereocenters. The van der Waals surface area contributed by atoms with Crippen molar-refractivity contribution >= 4 is 11.9 Å². The molecule has 73 valence electrons. The predicted octanol–water partition coefficient (Wildman–Crippen LogP) is 1.08. The van der Waals surface area contributed by atoms with Crippen molar-refractivity contribution in [2.75, 3.05) is 0 Å². The molecular formula is C8H6AgO4. The fraction of sp³-hybridized carbons (Fsp3) is 0. The summed E-state index contributed by atoms with van der Waals surface area (Å²) in [5.41, 5.74) is -0.0372. The molecule has 2 N–H and O–H groups in total. The SMILES string of the molecule is O=C(O)c1cccc(C(=O)O)c1.[Ag]. The second-order valence-corrected chi connectivity index (χ2v) is 2.19. The molecule has 0 heterocycles. The van der Waals surface area contributed by atoms with Gasteiger partial charge in [-0.3, -0.25) is 0 Å². The van der Waals surface area contributed by atoms with Gasteiger partial charge in [0.15, 0.2) is 0 Å². The fourth-order valence-corrected chi connectivity index (χ4v) is 0.785. The molecule has 13 heavy (non-hydrogen) atoms.